The molecule has 0 bridgehead atoms. The van der Waals surface area contributed by atoms with E-state index in [1.54, 1.807) is 0 Å². The van der Waals surface area contributed by atoms with Gasteiger partial charge in [0, 0.05) is 12.3 Å². The average molecular weight is 403 g/mol. The first-order valence-corrected chi connectivity index (χ1v) is 9.18. The molecule has 1 aromatic carbocycles. The van der Waals surface area contributed by atoms with Gasteiger partial charge in [-0.25, -0.2) is 23.9 Å². The highest BCUT2D eigenvalue weighted by atomic mass is 32.2. The van der Waals surface area contributed by atoms with Crippen LogP contribution in [0.15, 0.2) is 53.8 Å². The molecule has 0 amide bonds. The molecule has 144 valence electrons. The highest BCUT2D eigenvalue weighted by Crippen LogP contribution is 2.28. The van der Waals surface area contributed by atoms with Crippen molar-refractivity contribution < 1.29 is 35.9 Å². The first-order chi connectivity index (χ1) is 12.6. The van der Waals surface area contributed by atoms with Crippen LogP contribution in [0.1, 0.15) is 11.7 Å². The van der Waals surface area contributed by atoms with E-state index in [-0.39, 0.29) is 22.5 Å². The quantitative estimate of drug-likeness (QED) is 0.759. The maximum absolute atomic E-state index is 12.2. The van der Waals surface area contributed by atoms with Crippen LogP contribution in [0.3, 0.4) is 0 Å². The molecule has 0 saturated carbocycles. The molecule has 12 heteroatoms. The van der Waals surface area contributed by atoms with Crippen LogP contribution in [0.2, 0.25) is 0 Å². The summed E-state index contributed by atoms with van der Waals surface area (Å²) in [5, 5.41) is -0.335. The molecule has 1 atom stereocenters. The molecule has 0 aliphatic carbocycles. The summed E-state index contributed by atoms with van der Waals surface area (Å²) in [5.74, 6) is 0.00595. The molecule has 8 nitrogen and oxygen atoms in total. The Balaban J connectivity index is 1.66. The van der Waals surface area contributed by atoms with Crippen molar-refractivity contribution in [3.8, 4) is 11.5 Å². The Kier molecular flexibility index (Phi) is 4.93. The Bertz CT molecular complexity index is 944. The molecule has 0 fully saturated rings. The number of hydroxylamine groups is 1. The lowest BCUT2D eigenvalue weighted by Crippen LogP contribution is -2.17. The van der Waals surface area contributed by atoms with Gasteiger partial charge in [-0.05, 0) is 17.7 Å². The molecular formula is C15H12F3N3O5S. The van der Waals surface area contributed by atoms with E-state index in [9.17, 15) is 21.6 Å². The van der Waals surface area contributed by atoms with Crippen molar-refractivity contribution in [2.45, 2.75) is 17.6 Å². The fraction of sp³-hybridized carbons (Fsp3) is 0.200. The van der Waals surface area contributed by atoms with E-state index in [2.05, 4.69) is 20.2 Å². The first-order valence-electron chi connectivity index (χ1n) is 7.29. The number of alkyl halides is 3. The van der Waals surface area contributed by atoms with Crippen LogP contribution >= 0.6 is 0 Å². The van der Waals surface area contributed by atoms with E-state index < -0.39 is 22.3 Å². The van der Waals surface area contributed by atoms with E-state index in [0.29, 0.717) is 5.56 Å². The van der Waals surface area contributed by atoms with Crippen molar-refractivity contribution in [2.24, 2.45) is 0 Å². The number of sulfone groups is 1. The van der Waals surface area contributed by atoms with Gasteiger partial charge in [0.05, 0.1) is 12.4 Å². The number of halogens is 3. The van der Waals surface area contributed by atoms with Gasteiger partial charge in [-0.15, -0.1) is 13.2 Å². The van der Waals surface area contributed by atoms with Crippen molar-refractivity contribution in [1.82, 2.24) is 15.4 Å². The van der Waals surface area contributed by atoms with Gasteiger partial charge in [0.2, 0.25) is 20.9 Å². The minimum Gasteiger partial charge on any atom is -0.436 e. The molecule has 2 aromatic rings. The number of hydrogen-bond donors (Lipinski definition) is 1. The van der Waals surface area contributed by atoms with Gasteiger partial charge < -0.3 is 9.47 Å². The molecule has 1 aromatic heterocycles. The molecule has 2 heterocycles. The van der Waals surface area contributed by atoms with E-state index >= 15 is 0 Å². The molecule has 1 aliphatic heterocycles. The Hall–Kier alpha value is -2.86. The zero-order valence-electron chi connectivity index (χ0n) is 13.6. The molecule has 27 heavy (non-hydrogen) atoms. The van der Waals surface area contributed by atoms with Crippen LogP contribution in [-0.2, 0) is 14.7 Å². The van der Waals surface area contributed by atoms with Gasteiger partial charge in [0.15, 0.2) is 5.75 Å². The minimum absolute atomic E-state index is 0.166. The fourth-order valence-corrected chi connectivity index (χ4v) is 2.57. The summed E-state index contributed by atoms with van der Waals surface area (Å²) in [5.41, 5.74) is 3.06. The molecule has 1 unspecified atom stereocenters. The number of hydrogen-bond acceptors (Lipinski definition) is 8. The van der Waals surface area contributed by atoms with E-state index in [4.69, 9.17) is 9.57 Å². The van der Waals surface area contributed by atoms with Gasteiger partial charge >= 0.3 is 6.36 Å². The predicted molar refractivity (Wildman–Crippen MR) is 83.9 cm³/mol. The normalized spacial score (nSPS) is 17.2. The molecule has 0 spiro atoms. The zero-order valence-corrected chi connectivity index (χ0v) is 14.4. The summed E-state index contributed by atoms with van der Waals surface area (Å²) in [6.07, 6.45) is -0.499. The summed E-state index contributed by atoms with van der Waals surface area (Å²) >= 11 is 0. The third kappa shape index (κ3) is 5.08. The number of ether oxygens (including phenoxy) is 2. The second-order valence-corrected chi connectivity index (χ2v) is 7.27. The second kappa shape index (κ2) is 7.04. The highest BCUT2D eigenvalue weighted by molar-refractivity contribution is 7.90. The van der Waals surface area contributed by atoms with Gasteiger partial charge in [0.1, 0.15) is 11.9 Å². The van der Waals surface area contributed by atoms with E-state index in [1.807, 2.05) is 0 Å². The van der Waals surface area contributed by atoms with E-state index in [1.165, 1.54) is 30.6 Å². The Labute approximate surface area is 151 Å². The van der Waals surface area contributed by atoms with Gasteiger partial charge in [-0.2, -0.15) is 0 Å². The maximum Gasteiger partial charge on any atom is 0.573 e. The molecular weight excluding hydrogens is 391 g/mol. The second-order valence-electron chi connectivity index (χ2n) is 5.36. The molecule has 3 rings (SSSR count). The Morgan fingerprint density at radius 2 is 1.74 bits per heavy atom. The number of nitrogens with one attached hydrogen (secondary N) is 1. The number of benzene rings is 1. The molecule has 1 aliphatic rings. The average Bonchev–Trinajstić information content (AvgIpc) is 3.02. The standard InChI is InChI=1S/C15H12F3N3O5S/c1-27(22,23)14-19-7-11(8-20-14)24-13-6-12(26-21-13)9-2-4-10(5-3-9)25-15(16,17)18/h2-8,12,21H,1H3. The van der Waals surface area contributed by atoms with Crippen LogP contribution in [0, 0.1) is 0 Å². The monoisotopic (exact) mass is 403 g/mol. The van der Waals surface area contributed by atoms with Crippen LogP contribution in [0.5, 0.6) is 11.5 Å². The van der Waals surface area contributed by atoms with Crippen molar-refractivity contribution in [3.63, 3.8) is 0 Å². The van der Waals surface area contributed by atoms with Crippen LogP contribution in [-0.4, -0.2) is 31.0 Å². The maximum atomic E-state index is 12.2. The minimum atomic E-state index is -4.76. The van der Waals surface area contributed by atoms with Crippen molar-refractivity contribution in [2.75, 3.05) is 6.26 Å². The van der Waals surface area contributed by atoms with Gasteiger partial charge in [0.25, 0.3) is 0 Å². The first kappa shape index (κ1) is 18.9. The van der Waals surface area contributed by atoms with Crippen LogP contribution < -0.4 is 15.0 Å². The summed E-state index contributed by atoms with van der Waals surface area (Å²) in [6.45, 7) is 0. The van der Waals surface area contributed by atoms with Gasteiger partial charge in [-0.1, -0.05) is 12.1 Å². The highest BCUT2D eigenvalue weighted by Gasteiger charge is 2.31. The summed E-state index contributed by atoms with van der Waals surface area (Å²) in [6, 6.07) is 5.15. The van der Waals surface area contributed by atoms with Crippen LogP contribution in [0.4, 0.5) is 13.2 Å². The number of rotatable bonds is 5. The third-order valence-electron chi connectivity index (χ3n) is 3.20. The lowest BCUT2D eigenvalue weighted by atomic mass is 10.1. The summed E-state index contributed by atoms with van der Waals surface area (Å²) in [7, 11) is -3.52. The summed E-state index contributed by atoms with van der Waals surface area (Å²) < 4.78 is 68.3. The largest absolute Gasteiger partial charge is 0.573 e. The smallest absolute Gasteiger partial charge is 0.436 e. The fourth-order valence-electron chi connectivity index (χ4n) is 2.08. The lowest BCUT2D eigenvalue weighted by molar-refractivity contribution is -0.274. The predicted octanol–water partition coefficient (Wildman–Crippen LogP) is 2.27. The van der Waals surface area contributed by atoms with Crippen molar-refractivity contribution >= 4 is 9.84 Å². The van der Waals surface area contributed by atoms with Crippen LogP contribution in [0.25, 0.3) is 0 Å². The molecule has 0 saturated heterocycles. The number of aromatic nitrogens is 2. The van der Waals surface area contributed by atoms with Gasteiger partial charge in [-0.3, -0.25) is 4.84 Å². The zero-order chi connectivity index (χ0) is 19.7. The summed E-state index contributed by atoms with van der Waals surface area (Å²) in [4.78, 5) is 12.6. The third-order valence-corrected chi connectivity index (χ3v) is 4.07. The van der Waals surface area contributed by atoms with Crippen molar-refractivity contribution in [1.29, 1.82) is 0 Å². The lowest BCUT2D eigenvalue weighted by Gasteiger charge is -2.11. The topological polar surface area (TPSA) is 99.6 Å². The molecule has 0 radical (unpaired) electrons. The van der Waals surface area contributed by atoms with E-state index in [0.717, 1.165) is 18.4 Å². The number of nitrogens with zero attached hydrogens (tertiary/aromatic N) is 2. The SMILES string of the molecule is CS(=O)(=O)c1ncc(OC2=CC(c3ccc(OC(F)(F)F)cc3)ON2)cn1. The Morgan fingerprint density at radius 1 is 1.11 bits per heavy atom. The Morgan fingerprint density at radius 3 is 2.30 bits per heavy atom. The molecule has 1 N–H and O–H groups in total. The van der Waals surface area contributed by atoms with Crippen molar-refractivity contribution in [3.05, 3.63) is 54.2 Å².